The van der Waals surface area contributed by atoms with Crippen LogP contribution in [-0.2, 0) is 11.3 Å². The fraction of sp³-hybridized carbons (Fsp3) is 0.353. The number of piperidine rings is 1. The molecule has 1 saturated heterocycles. The van der Waals surface area contributed by atoms with E-state index in [1.165, 1.54) is 4.90 Å². The minimum atomic E-state index is -1.04. The molecule has 0 aromatic heterocycles. The van der Waals surface area contributed by atoms with E-state index in [-0.39, 0.29) is 24.0 Å². The van der Waals surface area contributed by atoms with E-state index in [1.807, 2.05) is 83.8 Å². The monoisotopic (exact) mass is 593 g/mol. The number of nitrogens with two attached hydrogens (primary N) is 1. The van der Waals surface area contributed by atoms with Crippen molar-refractivity contribution >= 4 is 35.1 Å². The van der Waals surface area contributed by atoms with Gasteiger partial charge in [0.2, 0.25) is 6.17 Å². The van der Waals surface area contributed by atoms with Gasteiger partial charge in [-0.3, -0.25) is 9.69 Å². The number of nitrogens with zero attached hydrogens (tertiary/aromatic N) is 5. The Kier molecular flexibility index (Phi) is 8.60. The Bertz CT molecular complexity index is 1550. The molecular weight excluding hydrogens is 554 g/mol. The molecule has 0 saturated carbocycles. The number of anilines is 2. The van der Waals surface area contributed by atoms with Crippen LogP contribution in [0.25, 0.3) is 0 Å². The molecule has 0 radical (unpaired) electrons. The average Bonchev–Trinajstić information content (AvgIpc) is 3.18. The highest BCUT2D eigenvalue weighted by molar-refractivity contribution is 6.20. The summed E-state index contributed by atoms with van der Waals surface area (Å²) in [6.07, 6.45) is 1.80. The zero-order chi connectivity index (χ0) is 30.6. The number of carbonyl (C=O) groups is 3. The third kappa shape index (κ3) is 5.77. The number of benzodiazepines with no additional fused rings is 1. The van der Waals surface area contributed by atoms with Gasteiger partial charge in [-0.25, -0.2) is 14.6 Å². The molecule has 1 atom stereocenters. The number of para-hydroxylation sites is 2. The standard InChI is InChI=1S/C34H39N7O3/c1-38(34(44)39-21-17-26(18-22-39)41-23-25-13-5-7-15-28(25)36-33(41)43)31-32(42)40(20-10-9-19-35)29-16-8-6-14-27(29)30(37-31)24-11-3-2-4-12-24/h2-8,11-16,26,31H,9-10,17-23,35H2,1H3,(H,36,43)/t31-/m1/s1. The summed E-state index contributed by atoms with van der Waals surface area (Å²) in [5.74, 6) is -0.241. The van der Waals surface area contributed by atoms with Crippen molar-refractivity contribution in [2.45, 2.75) is 44.4 Å². The predicted octanol–water partition coefficient (Wildman–Crippen LogP) is 4.50. The molecule has 228 valence electrons. The summed E-state index contributed by atoms with van der Waals surface area (Å²) in [4.78, 5) is 52.9. The molecule has 3 heterocycles. The van der Waals surface area contributed by atoms with Crippen LogP contribution < -0.4 is 16.0 Å². The maximum atomic E-state index is 14.2. The molecule has 10 nitrogen and oxygen atoms in total. The van der Waals surface area contributed by atoms with E-state index in [0.717, 1.165) is 40.9 Å². The normalized spacial score (nSPS) is 18.6. The molecule has 0 aliphatic carbocycles. The quantitative estimate of drug-likeness (QED) is 0.393. The van der Waals surface area contributed by atoms with E-state index in [0.29, 0.717) is 51.3 Å². The number of fused-ring (bicyclic) bond motifs is 2. The van der Waals surface area contributed by atoms with Crippen LogP contribution in [0.15, 0.2) is 83.9 Å². The van der Waals surface area contributed by atoms with Crippen LogP contribution in [0.5, 0.6) is 0 Å². The zero-order valence-electron chi connectivity index (χ0n) is 25.1. The maximum Gasteiger partial charge on any atom is 0.322 e. The molecule has 3 aliphatic heterocycles. The molecule has 44 heavy (non-hydrogen) atoms. The number of unbranched alkanes of at least 4 members (excludes halogenated alkanes) is 1. The van der Waals surface area contributed by atoms with Crippen molar-refractivity contribution in [2.24, 2.45) is 10.7 Å². The minimum absolute atomic E-state index is 0.0208. The SMILES string of the molecule is CN(C(=O)N1CCC(N2Cc3ccccc3NC2=O)CC1)[C@H]1N=C(c2ccccc2)c2ccccc2N(CCCCN)C1=O. The largest absolute Gasteiger partial charge is 0.330 e. The average molecular weight is 594 g/mol. The van der Waals surface area contributed by atoms with Crippen molar-refractivity contribution in [1.29, 1.82) is 0 Å². The Morgan fingerprint density at radius 3 is 2.43 bits per heavy atom. The lowest BCUT2D eigenvalue weighted by Gasteiger charge is -2.41. The molecule has 1 fully saturated rings. The molecule has 6 rings (SSSR count). The van der Waals surface area contributed by atoms with Gasteiger partial charge in [0.15, 0.2) is 0 Å². The summed E-state index contributed by atoms with van der Waals surface area (Å²) in [6, 6.07) is 25.1. The molecule has 3 aliphatic rings. The number of rotatable bonds is 7. The van der Waals surface area contributed by atoms with Crippen molar-refractivity contribution in [1.82, 2.24) is 14.7 Å². The third-order valence-corrected chi connectivity index (χ3v) is 8.78. The summed E-state index contributed by atoms with van der Waals surface area (Å²) in [5, 5.41) is 3.00. The summed E-state index contributed by atoms with van der Waals surface area (Å²) < 4.78 is 0. The van der Waals surface area contributed by atoms with Gasteiger partial charge in [-0.05, 0) is 49.9 Å². The summed E-state index contributed by atoms with van der Waals surface area (Å²) in [5.41, 5.74) is 10.9. The van der Waals surface area contributed by atoms with Crippen molar-refractivity contribution in [3.05, 3.63) is 95.6 Å². The minimum Gasteiger partial charge on any atom is -0.330 e. The van der Waals surface area contributed by atoms with E-state index in [2.05, 4.69) is 5.32 Å². The lowest BCUT2D eigenvalue weighted by atomic mass is 10.00. The van der Waals surface area contributed by atoms with Gasteiger partial charge in [0.05, 0.1) is 11.4 Å². The van der Waals surface area contributed by atoms with Gasteiger partial charge in [0.25, 0.3) is 5.91 Å². The first-order valence-corrected chi connectivity index (χ1v) is 15.4. The fourth-order valence-electron chi connectivity index (χ4n) is 6.35. The Hall–Kier alpha value is -4.70. The molecule has 3 N–H and O–H groups in total. The lowest BCUT2D eigenvalue weighted by molar-refractivity contribution is -0.122. The van der Waals surface area contributed by atoms with Crippen LogP contribution in [0, 0.1) is 0 Å². The van der Waals surface area contributed by atoms with Crippen LogP contribution in [0.3, 0.4) is 0 Å². The number of benzene rings is 3. The van der Waals surface area contributed by atoms with Gasteiger partial charge >= 0.3 is 12.1 Å². The number of nitrogens with one attached hydrogen (secondary N) is 1. The number of urea groups is 2. The van der Waals surface area contributed by atoms with E-state index < -0.39 is 6.17 Å². The summed E-state index contributed by atoms with van der Waals surface area (Å²) >= 11 is 0. The van der Waals surface area contributed by atoms with E-state index >= 15 is 0 Å². The molecular formula is C34H39N7O3. The highest BCUT2D eigenvalue weighted by Crippen LogP contribution is 2.31. The molecule has 0 bridgehead atoms. The Labute approximate surface area is 258 Å². The molecule has 3 aromatic carbocycles. The number of hydrogen-bond acceptors (Lipinski definition) is 5. The molecule has 0 unspecified atom stereocenters. The van der Waals surface area contributed by atoms with Crippen LogP contribution in [0.4, 0.5) is 21.0 Å². The molecule has 5 amide bonds. The van der Waals surface area contributed by atoms with Crippen molar-refractivity contribution < 1.29 is 14.4 Å². The third-order valence-electron chi connectivity index (χ3n) is 8.78. The van der Waals surface area contributed by atoms with Crippen molar-refractivity contribution in [3.8, 4) is 0 Å². The second kappa shape index (κ2) is 12.9. The first-order chi connectivity index (χ1) is 21.5. The van der Waals surface area contributed by atoms with Gasteiger partial charge in [-0.2, -0.15) is 0 Å². The van der Waals surface area contributed by atoms with Gasteiger partial charge in [-0.15, -0.1) is 0 Å². The van der Waals surface area contributed by atoms with Crippen LogP contribution in [-0.4, -0.2) is 83.8 Å². The second-order valence-electron chi connectivity index (χ2n) is 11.5. The molecule has 3 aromatic rings. The maximum absolute atomic E-state index is 14.2. The number of likely N-dealkylation sites (tertiary alicyclic amines) is 1. The summed E-state index contributed by atoms with van der Waals surface area (Å²) in [6.45, 7) is 2.54. The van der Waals surface area contributed by atoms with Gasteiger partial charge in [0, 0.05) is 56.1 Å². The van der Waals surface area contributed by atoms with Crippen LogP contribution in [0.1, 0.15) is 42.4 Å². The second-order valence-corrected chi connectivity index (χ2v) is 11.5. The molecule has 0 spiro atoms. The number of carbonyl (C=O) groups excluding carboxylic acids is 3. The highest BCUT2D eigenvalue weighted by Gasteiger charge is 2.39. The van der Waals surface area contributed by atoms with Gasteiger partial charge in [-0.1, -0.05) is 66.7 Å². The number of likely N-dealkylation sites (N-methyl/N-ethyl adjacent to an activating group) is 1. The smallest absolute Gasteiger partial charge is 0.322 e. The summed E-state index contributed by atoms with van der Waals surface area (Å²) in [7, 11) is 1.66. The number of amides is 5. The highest BCUT2D eigenvalue weighted by atomic mass is 16.2. The first-order valence-electron chi connectivity index (χ1n) is 15.4. The van der Waals surface area contributed by atoms with Crippen molar-refractivity contribution in [3.63, 3.8) is 0 Å². The first kappa shape index (κ1) is 29.4. The van der Waals surface area contributed by atoms with Gasteiger partial charge in [0.1, 0.15) is 0 Å². The topological polar surface area (TPSA) is 115 Å². The molecule has 10 heteroatoms. The van der Waals surface area contributed by atoms with E-state index in [1.54, 1.807) is 16.8 Å². The fourth-order valence-corrected chi connectivity index (χ4v) is 6.35. The van der Waals surface area contributed by atoms with E-state index in [4.69, 9.17) is 10.7 Å². The van der Waals surface area contributed by atoms with Crippen LogP contribution >= 0.6 is 0 Å². The lowest BCUT2D eigenvalue weighted by Crippen LogP contribution is -2.56. The Balaban J connectivity index is 1.23. The Morgan fingerprint density at radius 1 is 0.955 bits per heavy atom. The van der Waals surface area contributed by atoms with Crippen LogP contribution in [0.2, 0.25) is 0 Å². The zero-order valence-corrected chi connectivity index (χ0v) is 25.1. The Morgan fingerprint density at radius 2 is 1.66 bits per heavy atom. The predicted molar refractivity (Wildman–Crippen MR) is 172 cm³/mol. The van der Waals surface area contributed by atoms with Crippen molar-refractivity contribution in [2.75, 3.05) is 43.4 Å². The van der Waals surface area contributed by atoms with E-state index in [9.17, 15) is 14.4 Å². The van der Waals surface area contributed by atoms with Gasteiger partial charge < -0.3 is 25.8 Å². The number of aliphatic imine (C=N–C) groups is 1. The number of hydrogen-bond donors (Lipinski definition) is 2.